The predicted molar refractivity (Wildman–Crippen MR) is 82.8 cm³/mol. The molecule has 0 amide bonds. The first-order chi connectivity index (χ1) is 9.34. The van der Waals surface area contributed by atoms with E-state index in [2.05, 4.69) is 22.9 Å². The molecule has 0 N–H and O–H groups in total. The molecular weight excluding hydrogens is 351 g/mol. The standard InChI is InChI=1S/C14H17BrF3NS/c1-9-10(2)20-6-5-19(9)13-4-3-11(8-15)7-12(13)14(16,17)18/h3-4,7,9-10H,5-6,8H2,1-2H3. The zero-order valence-corrected chi connectivity index (χ0v) is 13.8. The summed E-state index contributed by atoms with van der Waals surface area (Å²) in [4.78, 5) is 1.89. The van der Waals surface area contributed by atoms with Crippen molar-refractivity contribution in [3.05, 3.63) is 29.3 Å². The van der Waals surface area contributed by atoms with Crippen LogP contribution >= 0.6 is 27.7 Å². The molecular formula is C14H17BrF3NS. The van der Waals surface area contributed by atoms with Gasteiger partial charge in [0.25, 0.3) is 0 Å². The van der Waals surface area contributed by atoms with Gasteiger partial charge >= 0.3 is 6.18 Å². The number of anilines is 1. The van der Waals surface area contributed by atoms with E-state index in [1.807, 2.05) is 23.6 Å². The third-order valence-corrected chi connectivity index (χ3v) is 5.70. The molecule has 1 aliphatic heterocycles. The molecule has 0 saturated carbocycles. The summed E-state index contributed by atoms with van der Waals surface area (Å²) < 4.78 is 39.9. The number of alkyl halides is 4. The van der Waals surface area contributed by atoms with Crippen molar-refractivity contribution in [3.63, 3.8) is 0 Å². The Morgan fingerprint density at radius 2 is 2.05 bits per heavy atom. The lowest BCUT2D eigenvalue weighted by Gasteiger charge is -2.40. The largest absolute Gasteiger partial charge is 0.418 e. The Labute approximate surface area is 130 Å². The zero-order valence-electron chi connectivity index (χ0n) is 11.4. The quantitative estimate of drug-likeness (QED) is 0.681. The van der Waals surface area contributed by atoms with E-state index in [-0.39, 0.29) is 6.04 Å². The van der Waals surface area contributed by atoms with Crippen LogP contribution in [-0.2, 0) is 11.5 Å². The van der Waals surface area contributed by atoms with Crippen LogP contribution in [0.4, 0.5) is 18.9 Å². The molecule has 0 radical (unpaired) electrons. The van der Waals surface area contributed by atoms with Gasteiger partial charge in [0, 0.05) is 34.6 Å². The zero-order chi connectivity index (χ0) is 14.9. The van der Waals surface area contributed by atoms with Gasteiger partial charge in [0.1, 0.15) is 0 Å². The average molecular weight is 368 g/mol. The molecule has 1 aromatic carbocycles. The predicted octanol–water partition coefficient (Wildman–Crippen LogP) is 4.93. The first-order valence-corrected chi connectivity index (χ1v) is 8.66. The number of rotatable bonds is 2. The van der Waals surface area contributed by atoms with Crippen LogP contribution in [0, 0.1) is 0 Å². The minimum Gasteiger partial charge on any atom is -0.366 e. The first kappa shape index (κ1) is 16.0. The summed E-state index contributed by atoms with van der Waals surface area (Å²) in [6, 6.07) is 4.73. The SMILES string of the molecule is CC1SCCN(c2ccc(CBr)cc2C(F)(F)F)C1C. The van der Waals surface area contributed by atoms with Gasteiger partial charge in [-0.3, -0.25) is 0 Å². The van der Waals surface area contributed by atoms with Crippen molar-refractivity contribution >= 4 is 33.4 Å². The summed E-state index contributed by atoms with van der Waals surface area (Å²) in [5, 5.41) is 0.763. The smallest absolute Gasteiger partial charge is 0.366 e. The third kappa shape index (κ3) is 3.27. The van der Waals surface area contributed by atoms with Gasteiger partial charge in [-0.1, -0.05) is 28.9 Å². The van der Waals surface area contributed by atoms with Crippen molar-refractivity contribution < 1.29 is 13.2 Å². The highest BCUT2D eigenvalue weighted by Crippen LogP contribution is 2.40. The number of halogens is 4. The maximum atomic E-state index is 13.3. The molecule has 0 bridgehead atoms. The Morgan fingerprint density at radius 1 is 1.35 bits per heavy atom. The maximum absolute atomic E-state index is 13.3. The maximum Gasteiger partial charge on any atom is 0.418 e. The van der Waals surface area contributed by atoms with Crippen LogP contribution in [0.5, 0.6) is 0 Å². The molecule has 2 unspecified atom stereocenters. The Bertz CT molecular complexity index is 478. The van der Waals surface area contributed by atoms with E-state index < -0.39 is 11.7 Å². The second kappa shape index (κ2) is 6.18. The van der Waals surface area contributed by atoms with E-state index in [1.165, 1.54) is 6.07 Å². The minimum atomic E-state index is -4.32. The normalized spacial score (nSPS) is 24.0. The van der Waals surface area contributed by atoms with Crippen LogP contribution < -0.4 is 4.90 Å². The molecule has 20 heavy (non-hydrogen) atoms. The number of hydrogen-bond donors (Lipinski definition) is 0. The molecule has 1 saturated heterocycles. The molecule has 0 aliphatic carbocycles. The summed E-state index contributed by atoms with van der Waals surface area (Å²) >= 11 is 5.03. The monoisotopic (exact) mass is 367 g/mol. The van der Waals surface area contributed by atoms with Crippen molar-refractivity contribution in [2.45, 2.75) is 36.6 Å². The van der Waals surface area contributed by atoms with Crippen LogP contribution in [0.1, 0.15) is 25.0 Å². The van der Waals surface area contributed by atoms with Gasteiger partial charge in [0.2, 0.25) is 0 Å². The Balaban J connectivity index is 2.45. The van der Waals surface area contributed by atoms with Crippen molar-refractivity contribution in [1.29, 1.82) is 0 Å². The van der Waals surface area contributed by atoms with E-state index in [9.17, 15) is 13.2 Å². The summed E-state index contributed by atoms with van der Waals surface area (Å²) in [6.45, 7) is 4.73. The van der Waals surface area contributed by atoms with Crippen LogP contribution in [0.25, 0.3) is 0 Å². The van der Waals surface area contributed by atoms with Crippen molar-refractivity contribution in [1.82, 2.24) is 0 Å². The second-order valence-electron chi connectivity index (χ2n) is 4.99. The molecule has 0 aromatic heterocycles. The van der Waals surface area contributed by atoms with E-state index in [4.69, 9.17) is 0 Å². The van der Waals surface area contributed by atoms with Gasteiger partial charge in [0.15, 0.2) is 0 Å². The Hall–Kier alpha value is -0.360. The number of benzene rings is 1. The van der Waals surface area contributed by atoms with E-state index in [0.29, 0.717) is 28.4 Å². The van der Waals surface area contributed by atoms with Gasteiger partial charge in [-0.25, -0.2) is 0 Å². The summed E-state index contributed by atoms with van der Waals surface area (Å²) in [5.41, 5.74) is 0.426. The van der Waals surface area contributed by atoms with Crippen LogP contribution in [0.2, 0.25) is 0 Å². The fraction of sp³-hybridized carbons (Fsp3) is 0.571. The third-order valence-electron chi connectivity index (χ3n) is 3.71. The fourth-order valence-corrected chi connectivity index (χ4v) is 3.87. The Morgan fingerprint density at radius 3 is 2.65 bits per heavy atom. The van der Waals surface area contributed by atoms with Gasteiger partial charge in [-0.15, -0.1) is 0 Å². The topological polar surface area (TPSA) is 3.24 Å². The summed E-state index contributed by atoms with van der Waals surface area (Å²) in [5.74, 6) is 0.864. The molecule has 1 heterocycles. The van der Waals surface area contributed by atoms with Gasteiger partial charge in [-0.2, -0.15) is 24.9 Å². The fourth-order valence-electron chi connectivity index (χ4n) is 2.42. The lowest BCUT2D eigenvalue weighted by Crippen LogP contribution is -2.45. The van der Waals surface area contributed by atoms with Crippen molar-refractivity contribution in [3.8, 4) is 0 Å². The average Bonchev–Trinajstić information content (AvgIpc) is 2.40. The van der Waals surface area contributed by atoms with E-state index in [1.54, 1.807) is 12.1 Å². The van der Waals surface area contributed by atoms with Crippen molar-refractivity contribution in [2.24, 2.45) is 0 Å². The number of nitrogens with zero attached hydrogens (tertiary/aromatic N) is 1. The summed E-state index contributed by atoms with van der Waals surface area (Å²) in [7, 11) is 0. The summed E-state index contributed by atoms with van der Waals surface area (Å²) in [6.07, 6.45) is -4.32. The van der Waals surface area contributed by atoms with Gasteiger partial charge in [-0.05, 0) is 24.6 Å². The number of hydrogen-bond acceptors (Lipinski definition) is 2. The molecule has 6 heteroatoms. The highest BCUT2D eigenvalue weighted by Gasteiger charge is 2.37. The Kier molecular flexibility index (Phi) is 4.95. The first-order valence-electron chi connectivity index (χ1n) is 6.49. The van der Waals surface area contributed by atoms with Crippen LogP contribution in [-0.4, -0.2) is 23.6 Å². The van der Waals surface area contributed by atoms with Crippen LogP contribution in [0.3, 0.4) is 0 Å². The molecule has 1 fully saturated rings. The van der Waals surface area contributed by atoms with Crippen LogP contribution in [0.15, 0.2) is 18.2 Å². The molecule has 2 atom stereocenters. The molecule has 2 rings (SSSR count). The van der Waals surface area contributed by atoms with Gasteiger partial charge in [0.05, 0.1) is 5.56 Å². The minimum absolute atomic E-state index is 0.102. The van der Waals surface area contributed by atoms with E-state index >= 15 is 0 Å². The molecule has 112 valence electrons. The second-order valence-corrected chi connectivity index (χ2v) is 7.04. The van der Waals surface area contributed by atoms with E-state index in [0.717, 1.165) is 5.75 Å². The highest BCUT2D eigenvalue weighted by molar-refractivity contribution is 9.08. The number of thioether (sulfide) groups is 1. The van der Waals surface area contributed by atoms with Gasteiger partial charge < -0.3 is 4.90 Å². The molecule has 1 nitrogen and oxygen atoms in total. The molecule has 1 aliphatic rings. The highest BCUT2D eigenvalue weighted by atomic mass is 79.9. The van der Waals surface area contributed by atoms with Crippen molar-refractivity contribution in [2.75, 3.05) is 17.2 Å². The lowest BCUT2D eigenvalue weighted by molar-refractivity contribution is -0.137. The molecule has 1 aromatic rings. The lowest BCUT2D eigenvalue weighted by atomic mass is 10.1. The molecule has 0 spiro atoms.